The molecule has 1 aliphatic carbocycles. The summed E-state index contributed by atoms with van der Waals surface area (Å²) in [4.78, 5) is 13.7. The molecule has 1 aromatic carbocycles. The van der Waals surface area contributed by atoms with E-state index in [1.54, 1.807) is 0 Å². The van der Waals surface area contributed by atoms with Crippen molar-refractivity contribution < 1.29 is 4.79 Å². The highest BCUT2D eigenvalue weighted by Crippen LogP contribution is 2.25. The molecule has 3 heteroatoms. The van der Waals surface area contributed by atoms with Crippen molar-refractivity contribution in [1.82, 2.24) is 0 Å². The minimum Gasteiger partial charge on any atom is -0.385 e. The largest absolute Gasteiger partial charge is 0.385 e. The van der Waals surface area contributed by atoms with Gasteiger partial charge in [-0.3, -0.25) is 4.79 Å². The molecule has 1 heterocycles. The van der Waals surface area contributed by atoms with Gasteiger partial charge in [0.25, 0.3) is 0 Å². The maximum absolute atomic E-state index is 11.8. The van der Waals surface area contributed by atoms with Gasteiger partial charge in [-0.1, -0.05) is 18.2 Å². The van der Waals surface area contributed by atoms with Crippen LogP contribution in [-0.4, -0.2) is 19.0 Å². The Bertz CT molecular complexity index is 509. The fourth-order valence-corrected chi connectivity index (χ4v) is 3.01. The lowest BCUT2D eigenvalue weighted by Gasteiger charge is -2.20. The zero-order valence-electron chi connectivity index (χ0n) is 11.8. The predicted octanol–water partition coefficient (Wildman–Crippen LogP) is 3.58. The molecule has 1 aliphatic heterocycles. The van der Waals surface area contributed by atoms with Gasteiger partial charge >= 0.3 is 0 Å². The molecule has 1 aromatic rings. The SMILES string of the molecule is O=C1CCCN1c1cccc(NCC2CC=CCC2)c1. The highest BCUT2D eigenvalue weighted by atomic mass is 16.2. The zero-order chi connectivity index (χ0) is 13.8. The number of anilines is 2. The first-order valence-corrected chi connectivity index (χ1v) is 7.62. The van der Waals surface area contributed by atoms with Crippen LogP contribution in [0.3, 0.4) is 0 Å². The molecule has 0 bridgehead atoms. The van der Waals surface area contributed by atoms with E-state index in [1.807, 2.05) is 17.0 Å². The van der Waals surface area contributed by atoms with Gasteiger partial charge in [0, 0.05) is 30.9 Å². The molecule has 2 aliphatic rings. The average molecular weight is 270 g/mol. The number of hydrogen-bond donors (Lipinski definition) is 1. The summed E-state index contributed by atoms with van der Waals surface area (Å²) >= 11 is 0. The number of carbonyl (C=O) groups is 1. The van der Waals surface area contributed by atoms with Gasteiger partial charge in [0.15, 0.2) is 0 Å². The molecule has 1 unspecified atom stereocenters. The Balaban J connectivity index is 1.62. The van der Waals surface area contributed by atoms with E-state index in [4.69, 9.17) is 0 Å². The molecule has 0 aromatic heterocycles. The number of amides is 1. The number of rotatable bonds is 4. The second-order valence-electron chi connectivity index (χ2n) is 5.73. The van der Waals surface area contributed by atoms with Crippen molar-refractivity contribution in [2.75, 3.05) is 23.3 Å². The molecule has 20 heavy (non-hydrogen) atoms. The van der Waals surface area contributed by atoms with Crippen molar-refractivity contribution in [2.45, 2.75) is 32.1 Å². The summed E-state index contributed by atoms with van der Waals surface area (Å²) in [6, 6.07) is 8.24. The Kier molecular flexibility index (Phi) is 4.05. The standard InChI is InChI=1S/C17H22N2O/c20-17-10-5-11-19(17)16-9-4-8-15(12-16)18-13-14-6-2-1-3-7-14/h1-2,4,8-9,12,14,18H,3,5-7,10-11,13H2. The molecule has 3 rings (SSSR count). The van der Waals surface area contributed by atoms with Crippen LogP contribution >= 0.6 is 0 Å². The molecule has 1 N–H and O–H groups in total. The topological polar surface area (TPSA) is 32.3 Å². The number of carbonyl (C=O) groups excluding carboxylic acids is 1. The molecule has 1 fully saturated rings. The maximum atomic E-state index is 11.8. The summed E-state index contributed by atoms with van der Waals surface area (Å²) in [7, 11) is 0. The van der Waals surface area contributed by atoms with Crippen molar-refractivity contribution in [2.24, 2.45) is 5.92 Å². The lowest BCUT2D eigenvalue weighted by atomic mass is 9.94. The van der Waals surface area contributed by atoms with Gasteiger partial charge in [0.1, 0.15) is 0 Å². The molecular weight excluding hydrogens is 248 g/mol. The highest BCUT2D eigenvalue weighted by Gasteiger charge is 2.21. The quantitative estimate of drug-likeness (QED) is 0.848. The lowest BCUT2D eigenvalue weighted by molar-refractivity contribution is -0.117. The predicted molar refractivity (Wildman–Crippen MR) is 83.0 cm³/mol. The van der Waals surface area contributed by atoms with Gasteiger partial charge < -0.3 is 10.2 Å². The van der Waals surface area contributed by atoms with E-state index in [2.05, 4.69) is 29.6 Å². The van der Waals surface area contributed by atoms with Crippen LogP contribution in [0.25, 0.3) is 0 Å². The molecule has 0 saturated carbocycles. The highest BCUT2D eigenvalue weighted by molar-refractivity contribution is 5.95. The molecule has 1 atom stereocenters. The number of benzene rings is 1. The van der Waals surface area contributed by atoms with Crippen LogP contribution in [0.2, 0.25) is 0 Å². The van der Waals surface area contributed by atoms with Crippen LogP contribution in [0, 0.1) is 5.92 Å². The van der Waals surface area contributed by atoms with E-state index in [1.165, 1.54) is 19.3 Å². The van der Waals surface area contributed by atoms with Crippen LogP contribution in [0.15, 0.2) is 36.4 Å². The Morgan fingerprint density at radius 1 is 1.30 bits per heavy atom. The second-order valence-corrected chi connectivity index (χ2v) is 5.73. The van der Waals surface area contributed by atoms with Gasteiger partial charge in [0.2, 0.25) is 5.91 Å². The molecule has 106 valence electrons. The van der Waals surface area contributed by atoms with Crippen molar-refractivity contribution >= 4 is 17.3 Å². The van der Waals surface area contributed by atoms with Crippen molar-refractivity contribution in [3.8, 4) is 0 Å². The molecular formula is C17H22N2O. The molecule has 0 radical (unpaired) electrons. The van der Waals surface area contributed by atoms with Gasteiger partial charge in [-0.25, -0.2) is 0 Å². The van der Waals surface area contributed by atoms with Gasteiger partial charge in [-0.2, -0.15) is 0 Å². The van der Waals surface area contributed by atoms with Crippen LogP contribution in [-0.2, 0) is 4.79 Å². The monoisotopic (exact) mass is 270 g/mol. The Morgan fingerprint density at radius 2 is 2.25 bits per heavy atom. The van der Waals surface area contributed by atoms with Gasteiger partial charge in [-0.15, -0.1) is 0 Å². The van der Waals surface area contributed by atoms with Gasteiger partial charge in [-0.05, 0) is 49.8 Å². The molecule has 0 spiro atoms. The lowest BCUT2D eigenvalue weighted by Crippen LogP contribution is -2.23. The van der Waals surface area contributed by atoms with E-state index in [0.717, 1.165) is 36.8 Å². The van der Waals surface area contributed by atoms with E-state index in [0.29, 0.717) is 6.42 Å². The van der Waals surface area contributed by atoms with Crippen LogP contribution in [0.1, 0.15) is 32.1 Å². The summed E-state index contributed by atoms with van der Waals surface area (Å²) in [5.74, 6) is 0.983. The van der Waals surface area contributed by atoms with E-state index >= 15 is 0 Å². The smallest absolute Gasteiger partial charge is 0.227 e. The fraction of sp³-hybridized carbons (Fsp3) is 0.471. The summed E-state index contributed by atoms with van der Waals surface area (Å²) < 4.78 is 0. The molecule has 3 nitrogen and oxygen atoms in total. The Morgan fingerprint density at radius 3 is 3.00 bits per heavy atom. The third-order valence-corrected chi connectivity index (χ3v) is 4.20. The third kappa shape index (κ3) is 3.03. The van der Waals surface area contributed by atoms with Crippen molar-refractivity contribution in [3.63, 3.8) is 0 Å². The fourth-order valence-electron chi connectivity index (χ4n) is 3.01. The van der Waals surface area contributed by atoms with Crippen LogP contribution in [0.5, 0.6) is 0 Å². The third-order valence-electron chi connectivity index (χ3n) is 4.20. The van der Waals surface area contributed by atoms with Crippen LogP contribution < -0.4 is 10.2 Å². The second kappa shape index (κ2) is 6.12. The normalized spacial score (nSPS) is 22.3. The summed E-state index contributed by atoms with van der Waals surface area (Å²) in [5.41, 5.74) is 2.15. The first kappa shape index (κ1) is 13.2. The molecule has 1 amide bonds. The average Bonchev–Trinajstić information content (AvgIpc) is 2.93. The maximum Gasteiger partial charge on any atom is 0.227 e. The Hall–Kier alpha value is -1.77. The number of nitrogens with zero attached hydrogens (tertiary/aromatic N) is 1. The summed E-state index contributed by atoms with van der Waals surface area (Å²) in [6.45, 7) is 1.87. The number of hydrogen-bond acceptors (Lipinski definition) is 2. The van der Waals surface area contributed by atoms with Crippen molar-refractivity contribution in [1.29, 1.82) is 0 Å². The molecule has 1 saturated heterocycles. The van der Waals surface area contributed by atoms with E-state index in [9.17, 15) is 4.79 Å². The van der Waals surface area contributed by atoms with Crippen molar-refractivity contribution in [3.05, 3.63) is 36.4 Å². The zero-order valence-corrected chi connectivity index (χ0v) is 11.8. The van der Waals surface area contributed by atoms with E-state index in [-0.39, 0.29) is 5.91 Å². The summed E-state index contributed by atoms with van der Waals surface area (Å²) in [6.07, 6.45) is 9.88. The van der Waals surface area contributed by atoms with E-state index < -0.39 is 0 Å². The minimum atomic E-state index is 0.250. The first-order valence-electron chi connectivity index (χ1n) is 7.62. The Labute approximate surface area is 120 Å². The van der Waals surface area contributed by atoms with Crippen LogP contribution in [0.4, 0.5) is 11.4 Å². The number of nitrogens with one attached hydrogen (secondary N) is 1. The summed E-state index contributed by atoms with van der Waals surface area (Å²) in [5, 5.41) is 3.52. The number of allylic oxidation sites excluding steroid dienone is 2. The first-order chi connectivity index (χ1) is 9.83. The minimum absolute atomic E-state index is 0.250. The van der Waals surface area contributed by atoms with Gasteiger partial charge in [0.05, 0.1) is 0 Å².